The third-order valence-corrected chi connectivity index (χ3v) is 4.56. The Labute approximate surface area is 104 Å². The van der Waals surface area contributed by atoms with Gasteiger partial charge in [0.25, 0.3) is 0 Å². The molecule has 2 rings (SSSR count). The molecule has 2 heterocycles. The van der Waals surface area contributed by atoms with Crippen molar-refractivity contribution >= 4 is 55.9 Å². The number of thiophene rings is 2. The lowest BCUT2D eigenvalue weighted by molar-refractivity contribution is 1.20. The summed E-state index contributed by atoms with van der Waals surface area (Å²) in [6.07, 6.45) is 0. The molecule has 14 heavy (non-hydrogen) atoms. The summed E-state index contributed by atoms with van der Waals surface area (Å²) in [7, 11) is 0. The topological polar surface area (TPSA) is 12.0 Å². The van der Waals surface area contributed by atoms with E-state index in [2.05, 4.69) is 32.7 Å². The van der Waals surface area contributed by atoms with Crippen LogP contribution in [0.4, 0.5) is 5.69 Å². The van der Waals surface area contributed by atoms with Crippen LogP contribution < -0.4 is 5.32 Å². The van der Waals surface area contributed by atoms with E-state index in [0.29, 0.717) is 0 Å². The van der Waals surface area contributed by atoms with Crippen LogP contribution in [0.1, 0.15) is 4.88 Å². The van der Waals surface area contributed by atoms with Crippen LogP contribution in [0.15, 0.2) is 27.4 Å². The van der Waals surface area contributed by atoms with E-state index in [-0.39, 0.29) is 0 Å². The minimum Gasteiger partial charge on any atom is -0.378 e. The van der Waals surface area contributed by atoms with Crippen LogP contribution in [0.5, 0.6) is 0 Å². The van der Waals surface area contributed by atoms with Gasteiger partial charge in [0.05, 0.1) is 5.69 Å². The molecule has 0 fully saturated rings. The van der Waals surface area contributed by atoms with Crippen LogP contribution in [-0.4, -0.2) is 0 Å². The van der Waals surface area contributed by atoms with Crippen molar-refractivity contribution in [3.8, 4) is 0 Å². The fraction of sp³-hybridized carbons (Fsp3) is 0.111. The van der Waals surface area contributed by atoms with Gasteiger partial charge < -0.3 is 5.32 Å². The van der Waals surface area contributed by atoms with Gasteiger partial charge in [0.2, 0.25) is 0 Å². The summed E-state index contributed by atoms with van der Waals surface area (Å²) in [6, 6.07) is 4.10. The highest BCUT2D eigenvalue weighted by molar-refractivity contribution is 9.10. The third kappa shape index (κ3) is 2.51. The van der Waals surface area contributed by atoms with E-state index >= 15 is 0 Å². The average Bonchev–Trinajstić information content (AvgIpc) is 2.72. The first-order chi connectivity index (χ1) is 6.75. The largest absolute Gasteiger partial charge is 0.378 e. The first-order valence-electron chi connectivity index (χ1n) is 3.95. The Morgan fingerprint density at radius 3 is 2.86 bits per heavy atom. The summed E-state index contributed by atoms with van der Waals surface area (Å²) < 4.78 is 1.95. The maximum Gasteiger partial charge on any atom is 0.116 e. The van der Waals surface area contributed by atoms with E-state index in [4.69, 9.17) is 11.6 Å². The molecular weight excluding hydrogens is 302 g/mol. The lowest BCUT2D eigenvalue weighted by atomic mass is 10.4. The second-order valence-corrected chi connectivity index (χ2v) is 6.12. The smallest absolute Gasteiger partial charge is 0.116 e. The number of anilines is 1. The Morgan fingerprint density at radius 1 is 1.43 bits per heavy atom. The molecule has 0 aliphatic heterocycles. The second kappa shape index (κ2) is 4.66. The first-order valence-corrected chi connectivity index (χ1v) is 6.88. The Morgan fingerprint density at radius 2 is 2.29 bits per heavy atom. The molecule has 1 N–H and O–H groups in total. The highest BCUT2D eigenvalue weighted by Gasteiger charge is 2.01. The fourth-order valence-electron chi connectivity index (χ4n) is 1.05. The van der Waals surface area contributed by atoms with Crippen LogP contribution in [0.2, 0.25) is 4.34 Å². The highest BCUT2D eigenvalue weighted by Crippen LogP contribution is 2.29. The Bertz CT molecular complexity index is 424. The van der Waals surface area contributed by atoms with Gasteiger partial charge in [-0.3, -0.25) is 0 Å². The summed E-state index contributed by atoms with van der Waals surface area (Å²) in [4.78, 5) is 1.29. The first kappa shape index (κ1) is 10.5. The molecule has 0 spiro atoms. The molecule has 0 saturated heterocycles. The Kier molecular flexibility index (Phi) is 3.49. The summed E-state index contributed by atoms with van der Waals surface area (Å²) in [5.41, 5.74) is 1.01. The number of halogens is 2. The molecule has 2 aromatic rings. The van der Waals surface area contributed by atoms with Crippen molar-refractivity contribution in [3.05, 3.63) is 36.6 Å². The lowest BCUT2D eigenvalue weighted by Gasteiger charge is -2.01. The second-order valence-electron chi connectivity index (χ2n) is 2.69. The van der Waals surface area contributed by atoms with Crippen molar-refractivity contribution in [3.63, 3.8) is 0 Å². The van der Waals surface area contributed by atoms with Crippen LogP contribution in [0, 0.1) is 0 Å². The molecule has 1 nitrogen and oxygen atoms in total. The van der Waals surface area contributed by atoms with Crippen molar-refractivity contribution in [2.75, 3.05) is 5.32 Å². The summed E-state index contributed by atoms with van der Waals surface area (Å²) >= 11 is 12.7. The molecule has 0 unspecified atom stereocenters. The van der Waals surface area contributed by atoms with Crippen molar-refractivity contribution in [2.24, 2.45) is 0 Å². The van der Waals surface area contributed by atoms with Gasteiger partial charge in [0.1, 0.15) is 4.34 Å². The maximum absolute atomic E-state index is 5.96. The number of hydrogen-bond donors (Lipinski definition) is 1. The van der Waals surface area contributed by atoms with E-state index in [9.17, 15) is 0 Å². The quantitative estimate of drug-likeness (QED) is 0.855. The van der Waals surface area contributed by atoms with Crippen molar-refractivity contribution in [1.82, 2.24) is 0 Å². The zero-order valence-corrected chi connectivity index (χ0v) is 11.1. The van der Waals surface area contributed by atoms with E-state index in [1.165, 1.54) is 4.88 Å². The van der Waals surface area contributed by atoms with Gasteiger partial charge in [-0.05, 0) is 33.4 Å². The van der Waals surface area contributed by atoms with Crippen molar-refractivity contribution in [2.45, 2.75) is 6.54 Å². The number of hydrogen-bond acceptors (Lipinski definition) is 3. The van der Waals surface area contributed by atoms with Crippen molar-refractivity contribution in [1.29, 1.82) is 0 Å². The van der Waals surface area contributed by atoms with Gasteiger partial charge in [0.15, 0.2) is 0 Å². The molecule has 0 aromatic carbocycles. The molecular formula is C9H7BrClNS2. The zero-order valence-electron chi connectivity index (χ0n) is 7.09. The molecule has 0 aliphatic carbocycles. The van der Waals surface area contributed by atoms with Crippen LogP contribution in [0.3, 0.4) is 0 Å². The molecule has 2 aromatic heterocycles. The molecule has 0 saturated carbocycles. The van der Waals surface area contributed by atoms with E-state index in [0.717, 1.165) is 21.0 Å². The normalized spacial score (nSPS) is 10.4. The summed E-state index contributed by atoms with van der Waals surface area (Å²) in [6.45, 7) is 0.826. The average molecular weight is 309 g/mol. The Hall–Kier alpha value is -0.0300. The lowest BCUT2D eigenvalue weighted by Crippen LogP contribution is -1.95. The molecule has 0 radical (unpaired) electrons. The predicted molar refractivity (Wildman–Crippen MR) is 68.7 cm³/mol. The van der Waals surface area contributed by atoms with E-state index < -0.39 is 0 Å². The van der Waals surface area contributed by atoms with Gasteiger partial charge in [-0.2, -0.15) is 0 Å². The van der Waals surface area contributed by atoms with E-state index in [1.807, 2.05) is 11.4 Å². The molecule has 0 bridgehead atoms. The predicted octanol–water partition coefficient (Wildman–Crippen LogP) is 4.84. The maximum atomic E-state index is 5.96. The monoisotopic (exact) mass is 307 g/mol. The molecule has 74 valence electrons. The minimum atomic E-state index is 0.820. The van der Waals surface area contributed by atoms with Crippen LogP contribution in [0.25, 0.3) is 0 Å². The third-order valence-electron chi connectivity index (χ3n) is 1.69. The van der Waals surface area contributed by atoms with Gasteiger partial charge in [-0.15, -0.1) is 22.7 Å². The van der Waals surface area contributed by atoms with Gasteiger partial charge in [-0.25, -0.2) is 0 Å². The molecule has 0 aliphatic rings. The minimum absolute atomic E-state index is 0.820. The van der Waals surface area contributed by atoms with Crippen LogP contribution >= 0.6 is 50.2 Å². The Balaban J connectivity index is 1.98. The van der Waals surface area contributed by atoms with Gasteiger partial charge >= 0.3 is 0 Å². The molecule has 0 amide bonds. The standard InChI is InChI=1S/C9H7BrClNS2/c10-6-3-7(14-5-6)4-12-8-1-2-13-9(8)11/h1-3,5,12H,4H2. The van der Waals surface area contributed by atoms with Crippen molar-refractivity contribution < 1.29 is 0 Å². The van der Waals surface area contributed by atoms with Crippen LogP contribution in [-0.2, 0) is 6.54 Å². The number of rotatable bonds is 3. The SMILES string of the molecule is Clc1sccc1NCc1cc(Br)cs1. The summed E-state index contributed by atoms with van der Waals surface area (Å²) in [5, 5.41) is 7.35. The van der Waals surface area contributed by atoms with E-state index in [1.54, 1.807) is 22.7 Å². The molecule has 0 atom stereocenters. The number of nitrogens with one attached hydrogen (secondary N) is 1. The summed E-state index contributed by atoms with van der Waals surface area (Å²) in [5.74, 6) is 0. The zero-order chi connectivity index (χ0) is 9.97. The highest BCUT2D eigenvalue weighted by atomic mass is 79.9. The van der Waals surface area contributed by atoms with Gasteiger partial charge in [-0.1, -0.05) is 11.6 Å². The fourth-order valence-corrected chi connectivity index (χ4v) is 3.31. The molecule has 5 heteroatoms. The van der Waals surface area contributed by atoms with Gasteiger partial charge in [0, 0.05) is 21.3 Å².